The molecule has 0 unspecified atom stereocenters. The van der Waals surface area contributed by atoms with E-state index >= 15 is 0 Å². The second-order valence-electron chi connectivity index (χ2n) is 4.80. The monoisotopic (exact) mass is 307 g/mol. The number of methoxy groups -OCH3 is 1. The molecule has 0 aliphatic heterocycles. The molecule has 0 aliphatic rings. The van der Waals surface area contributed by atoms with Crippen molar-refractivity contribution in [2.45, 2.75) is 0 Å². The molecular formula is C17H13N3OS. The molecular weight excluding hydrogens is 294 g/mol. The summed E-state index contributed by atoms with van der Waals surface area (Å²) in [5, 5.41) is 2.05. The molecule has 3 heterocycles. The van der Waals surface area contributed by atoms with Gasteiger partial charge in [0.2, 0.25) is 0 Å². The van der Waals surface area contributed by atoms with Crippen LogP contribution in [-0.2, 0) is 0 Å². The van der Waals surface area contributed by atoms with Crippen molar-refractivity contribution < 1.29 is 4.74 Å². The third-order valence-electron chi connectivity index (χ3n) is 3.47. The quantitative estimate of drug-likeness (QED) is 0.570. The van der Waals surface area contributed by atoms with E-state index in [1.165, 1.54) is 0 Å². The van der Waals surface area contributed by atoms with Gasteiger partial charge < -0.3 is 4.74 Å². The Hall–Kier alpha value is -2.66. The number of benzene rings is 1. The SMILES string of the molecule is COc1cccc(-n2c(-c3cccs3)nc3cccnc32)c1. The van der Waals surface area contributed by atoms with E-state index in [0.29, 0.717) is 0 Å². The minimum absolute atomic E-state index is 0.812. The maximum atomic E-state index is 5.34. The first-order valence-electron chi connectivity index (χ1n) is 6.88. The van der Waals surface area contributed by atoms with Crippen LogP contribution >= 0.6 is 11.3 Å². The lowest BCUT2D eigenvalue weighted by atomic mass is 10.3. The first-order valence-corrected chi connectivity index (χ1v) is 7.76. The van der Waals surface area contributed by atoms with Crippen molar-refractivity contribution in [1.29, 1.82) is 0 Å². The molecule has 3 aromatic heterocycles. The number of fused-ring (bicyclic) bond motifs is 1. The molecule has 0 radical (unpaired) electrons. The van der Waals surface area contributed by atoms with Crippen LogP contribution in [0.5, 0.6) is 5.75 Å². The summed E-state index contributed by atoms with van der Waals surface area (Å²) in [6.07, 6.45) is 1.79. The van der Waals surface area contributed by atoms with Gasteiger partial charge in [-0.2, -0.15) is 0 Å². The normalized spacial score (nSPS) is 11.0. The number of pyridine rings is 1. The largest absolute Gasteiger partial charge is 0.497 e. The van der Waals surface area contributed by atoms with E-state index in [1.807, 2.05) is 42.5 Å². The number of aromatic nitrogens is 3. The maximum Gasteiger partial charge on any atom is 0.164 e. The van der Waals surface area contributed by atoms with E-state index in [1.54, 1.807) is 24.6 Å². The van der Waals surface area contributed by atoms with Gasteiger partial charge in [0, 0.05) is 12.3 Å². The number of imidazole rings is 1. The van der Waals surface area contributed by atoms with Crippen molar-refractivity contribution in [2.75, 3.05) is 7.11 Å². The molecule has 0 atom stereocenters. The lowest BCUT2D eigenvalue weighted by Gasteiger charge is -2.09. The van der Waals surface area contributed by atoms with E-state index in [2.05, 4.69) is 21.0 Å². The zero-order valence-corrected chi connectivity index (χ0v) is 12.7. The molecule has 0 fully saturated rings. The van der Waals surface area contributed by atoms with Gasteiger partial charge in [-0.1, -0.05) is 12.1 Å². The van der Waals surface area contributed by atoms with Crippen molar-refractivity contribution in [3.8, 4) is 22.1 Å². The predicted molar refractivity (Wildman–Crippen MR) is 88.7 cm³/mol. The van der Waals surface area contributed by atoms with Crippen LogP contribution in [0.15, 0.2) is 60.1 Å². The second kappa shape index (κ2) is 5.27. The average molecular weight is 307 g/mol. The molecule has 0 aliphatic carbocycles. The third-order valence-corrected chi connectivity index (χ3v) is 4.33. The fraction of sp³-hybridized carbons (Fsp3) is 0.0588. The summed E-state index contributed by atoms with van der Waals surface area (Å²) in [5.74, 6) is 1.71. The van der Waals surface area contributed by atoms with Crippen molar-refractivity contribution in [3.63, 3.8) is 0 Å². The highest BCUT2D eigenvalue weighted by molar-refractivity contribution is 7.13. The van der Waals surface area contributed by atoms with Crippen molar-refractivity contribution in [2.24, 2.45) is 0 Å². The van der Waals surface area contributed by atoms with Gasteiger partial charge >= 0.3 is 0 Å². The van der Waals surface area contributed by atoms with Crippen LogP contribution < -0.4 is 4.74 Å². The van der Waals surface area contributed by atoms with Gasteiger partial charge in [0.25, 0.3) is 0 Å². The van der Waals surface area contributed by atoms with Crippen LogP contribution in [0.3, 0.4) is 0 Å². The lowest BCUT2D eigenvalue weighted by molar-refractivity contribution is 0.414. The van der Waals surface area contributed by atoms with E-state index in [9.17, 15) is 0 Å². The molecule has 0 saturated carbocycles. The second-order valence-corrected chi connectivity index (χ2v) is 5.74. The minimum atomic E-state index is 0.812. The molecule has 0 amide bonds. The first kappa shape index (κ1) is 13.0. The molecule has 4 rings (SSSR count). The number of ether oxygens (including phenoxy) is 1. The third kappa shape index (κ3) is 2.07. The number of hydrogen-bond acceptors (Lipinski definition) is 4. The van der Waals surface area contributed by atoms with Crippen molar-refractivity contribution in [1.82, 2.24) is 14.5 Å². The Kier molecular flexibility index (Phi) is 3.12. The van der Waals surface area contributed by atoms with Gasteiger partial charge in [-0.3, -0.25) is 4.57 Å². The molecule has 0 bridgehead atoms. The highest BCUT2D eigenvalue weighted by atomic mass is 32.1. The molecule has 0 N–H and O–H groups in total. The number of rotatable bonds is 3. The van der Waals surface area contributed by atoms with Gasteiger partial charge in [-0.05, 0) is 35.7 Å². The van der Waals surface area contributed by atoms with Gasteiger partial charge in [0.1, 0.15) is 11.3 Å². The Labute approximate surface area is 131 Å². The smallest absolute Gasteiger partial charge is 0.164 e. The summed E-state index contributed by atoms with van der Waals surface area (Å²) in [7, 11) is 1.67. The summed E-state index contributed by atoms with van der Waals surface area (Å²) in [6.45, 7) is 0. The standard InChI is InChI=1S/C17H13N3OS/c1-21-13-6-2-5-12(11-13)20-16-14(7-3-9-18-16)19-17(20)15-8-4-10-22-15/h2-11H,1H3. The Morgan fingerprint density at radius 3 is 2.86 bits per heavy atom. The van der Waals surface area contributed by atoms with E-state index < -0.39 is 0 Å². The first-order chi connectivity index (χ1) is 10.9. The van der Waals surface area contributed by atoms with Crippen LogP contribution in [0.2, 0.25) is 0 Å². The summed E-state index contributed by atoms with van der Waals surface area (Å²) in [6, 6.07) is 15.9. The molecule has 4 aromatic rings. The molecule has 5 heteroatoms. The van der Waals surface area contributed by atoms with Gasteiger partial charge in [0.05, 0.1) is 17.7 Å². The molecule has 22 heavy (non-hydrogen) atoms. The average Bonchev–Trinajstić information content (AvgIpc) is 3.22. The predicted octanol–water partition coefficient (Wildman–Crippen LogP) is 4.16. The van der Waals surface area contributed by atoms with E-state index in [4.69, 9.17) is 9.72 Å². The molecule has 4 nitrogen and oxygen atoms in total. The Balaban J connectivity index is 2.04. The van der Waals surface area contributed by atoms with Crippen LogP contribution in [0.1, 0.15) is 0 Å². The Bertz CT molecular complexity index is 928. The molecule has 1 aromatic carbocycles. The van der Waals surface area contributed by atoms with E-state index in [0.717, 1.165) is 33.3 Å². The lowest BCUT2D eigenvalue weighted by Crippen LogP contribution is -1.98. The number of hydrogen-bond donors (Lipinski definition) is 0. The van der Waals surface area contributed by atoms with Gasteiger partial charge in [-0.15, -0.1) is 11.3 Å². The Morgan fingerprint density at radius 2 is 2.05 bits per heavy atom. The van der Waals surface area contributed by atoms with Crippen LogP contribution in [0.4, 0.5) is 0 Å². The summed E-state index contributed by atoms with van der Waals surface area (Å²) >= 11 is 1.67. The van der Waals surface area contributed by atoms with Gasteiger partial charge in [-0.25, -0.2) is 9.97 Å². The summed E-state index contributed by atoms with van der Waals surface area (Å²) < 4.78 is 7.42. The highest BCUT2D eigenvalue weighted by Gasteiger charge is 2.15. The number of thiophene rings is 1. The fourth-order valence-corrected chi connectivity index (χ4v) is 3.18. The molecule has 0 spiro atoms. The summed E-state index contributed by atoms with van der Waals surface area (Å²) in [5.41, 5.74) is 2.72. The zero-order valence-electron chi connectivity index (χ0n) is 11.9. The topological polar surface area (TPSA) is 39.9 Å². The van der Waals surface area contributed by atoms with E-state index in [-0.39, 0.29) is 0 Å². The van der Waals surface area contributed by atoms with Crippen LogP contribution in [-0.4, -0.2) is 21.6 Å². The van der Waals surface area contributed by atoms with Crippen LogP contribution in [0.25, 0.3) is 27.6 Å². The van der Waals surface area contributed by atoms with Crippen molar-refractivity contribution in [3.05, 3.63) is 60.1 Å². The fourth-order valence-electron chi connectivity index (χ4n) is 2.48. The molecule has 108 valence electrons. The summed E-state index contributed by atoms with van der Waals surface area (Å²) in [4.78, 5) is 10.4. The number of nitrogens with zero attached hydrogens (tertiary/aromatic N) is 3. The highest BCUT2D eigenvalue weighted by Crippen LogP contribution is 2.31. The maximum absolute atomic E-state index is 5.34. The Morgan fingerprint density at radius 1 is 1.09 bits per heavy atom. The van der Waals surface area contributed by atoms with Crippen molar-refractivity contribution >= 4 is 22.5 Å². The zero-order chi connectivity index (χ0) is 14.9. The minimum Gasteiger partial charge on any atom is -0.497 e. The van der Waals surface area contributed by atoms with Gasteiger partial charge in [0.15, 0.2) is 11.5 Å². The van der Waals surface area contributed by atoms with Crippen LogP contribution in [0, 0.1) is 0 Å². The molecule has 0 saturated heterocycles.